The molecule has 9 nitrogen and oxygen atoms in total. The molecule has 2 aliphatic carbocycles. The first kappa shape index (κ1) is 21.6. The van der Waals surface area contributed by atoms with Gasteiger partial charge in [0.15, 0.2) is 0 Å². The lowest BCUT2D eigenvalue weighted by Crippen LogP contribution is -2.59. The van der Waals surface area contributed by atoms with Gasteiger partial charge in [0.25, 0.3) is 0 Å². The van der Waals surface area contributed by atoms with Crippen LogP contribution in [0.4, 0.5) is 0 Å². The average molecular weight is 435 g/mol. The number of rotatable bonds is 7. The van der Waals surface area contributed by atoms with E-state index < -0.39 is 6.23 Å². The highest BCUT2D eigenvalue weighted by Gasteiger charge is 2.46. The van der Waals surface area contributed by atoms with Crippen molar-refractivity contribution in [3.63, 3.8) is 0 Å². The van der Waals surface area contributed by atoms with Crippen molar-refractivity contribution in [2.45, 2.75) is 75.1 Å². The Morgan fingerprint density at radius 3 is 2.90 bits per heavy atom. The minimum atomic E-state index is -0.463. The Labute approximate surface area is 185 Å². The number of aliphatic hydroxyl groups excluding tert-OH is 1. The van der Waals surface area contributed by atoms with Gasteiger partial charge in [0.05, 0.1) is 18.7 Å². The largest absolute Gasteiger partial charge is 0.492 e. The van der Waals surface area contributed by atoms with Crippen molar-refractivity contribution in [3.8, 4) is 0 Å². The Morgan fingerprint density at radius 2 is 2.13 bits per heavy atom. The summed E-state index contributed by atoms with van der Waals surface area (Å²) in [6.45, 7) is 6.01. The summed E-state index contributed by atoms with van der Waals surface area (Å²) in [7, 11) is 1.70. The van der Waals surface area contributed by atoms with Crippen molar-refractivity contribution in [1.29, 1.82) is 0 Å². The van der Waals surface area contributed by atoms with Crippen LogP contribution in [0, 0.1) is 5.92 Å². The summed E-state index contributed by atoms with van der Waals surface area (Å²) in [6, 6.07) is 1.07. The molecule has 6 atom stereocenters. The molecule has 9 heteroatoms. The zero-order valence-corrected chi connectivity index (χ0v) is 18.8. The lowest BCUT2D eigenvalue weighted by atomic mass is 9.80. The van der Waals surface area contributed by atoms with E-state index in [0.29, 0.717) is 37.2 Å². The SMILES string of the molecule is COCCN1CCN(C2C[C@H]([C@@H]3NN[C@@H]4CC=C(OC5(C)CC5)C[C@H]34)NC=N2)CC1O. The van der Waals surface area contributed by atoms with Gasteiger partial charge in [-0.1, -0.05) is 0 Å². The molecule has 0 aromatic carbocycles. The van der Waals surface area contributed by atoms with Crippen LogP contribution < -0.4 is 16.2 Å². The fraction of sp³-hybridized carbons (Fsp3) is 0.864. The predicted octanol–water partition coefficient (Wildman–Crippen LogP) is -0.00690. The standard InChI is InChI=1S/C22H38N6O3/c1-22(5-6-22)31-15-3-4-17-16(11-15)21(26-25-17)18-12-19(24-14-23-18)28-8-7-27(9-10-30-2)20(29)13-28/h3,14,16-21,25-26,29H,4-13H2,1-2H3,(H,23,24)/t16-,17+,18+,19?,20?,21+/m0/s1. The monoisotopic (exact) mass is 434 g/mol. The molecule has 0 bridgehead atoms. The molecule has 31 heavy (non-hydrogen) atoms. The van der Waals surface area contributed by atoms with Crippen LogP contribution in [0.15, 0.2) is 16.8 Å². The van der Waals surface area contributed by atoms with Gasteiger partial charge in [0.2, 0.25) is 0 Å². The van der Waals surface area contributed by atoms with Gasteiger partial charge >= 0.3 is 0 Å². The number of β-amino-alcohol motifs (C(OH)–C–C–N with tert-alkyl or cyclic N) is 1. The molecule has 3 fully saturated rings. The first-order valence-electron chi connectivity index (χ1n) is 11.9. The normalized spacial score (nSPS) is 40.2. The molecule has 174 valence electrons. The van der Waals surface area contributed by atoms with Crippen molar-refractivity contribution in [1.82, 2.24) is 26.0 Å². The van der Waals surface area contributed by atoms with Gasteiger partial charge in [0.1, 0.15) is 18.0 Å². The van der Waals surface area contributed by atoms with Crippen molar-refractivity contribution < 1.29 is 14.6 Å². The molecule has 5 rings (SSSR count). The second kappa shape index (κ2) is 8.96. The van der Waals surface area contributed by atoms with E-state index in [0.717, 1.165) is 38.9 Å². The zero-order chi connectivity index (χ0) is 21.4. The van der Waals surface area contributed by atoms with Crippen molar-refractivity contribution in [2.24, 2.45) is 10.9 Å². The average Bonchev–Trinajstić information content (AvgIpc) is 3.35. The number of ether oxygens (including phenoxy) is 2. The zero-order valence-electron chi connectivity index (χ0n) is 18.8. The highest BCUT2D eigenvalue weighted by Crippen LogP contribution is 2.43. The van der Waals surface area contributed by atoms with E-state index in [2.05, 4.69) is 39.0 Å². The molecule has 5 aliphatic rings. The molecule has 3 heterocycles. The maximum Gasteiger partial charge on any atom is 0.120 e. The summed E-state index contributed by atoms with van der Waals surface area (Å²) < 4.78 is 11.5. The van der Waals surface area contributed by atoms with Gasteiger partial charge < -0.3 is 19.9 Å². The number of aliphatic imine (C=N–C) groups is 1. The van der Waals surface area contributed by atoms with E-state index in [-0.39, 0.29) is 11.8 Å². The number of hydrogen-bond acceptors (Lipinski definition) is 9. The summed E-state index contributed by atoms with van der Waals surface area (Å²) in [5, 5.41) is 14.1. The molecule has 1 saturated carbocycles. The van der Waals surface area contributed by atoms with Crippen LogP contribution in [0.3, 0.4) is 0 Å². The van der Waals surface area contributed by atoms with Gasteiger partial charge in [-0.15, -0.1) is 0 Å². The van der Waals surface area contributed by atoms with E-state index in [1.807, 2.05) is 6.34 Å². The molecule has 0 aromatic heterocycles. The Hall–Kier alpha value is -1.23. The third-order valence-corrected chi connectivity index (χ3v) is 7.71. The van der Waals surface area contributed by atoms with Gasteiger partial charge in [0, 0.05) is 70.2 Å². The predicted molar refractivity (Wildman–Crippen MR) is 118 cm³/mol. The Morgan fingerprint density at radius 1 is 1.26 bits per heavy atom. The van der Waals surface area contributed by atoms with Gasteiger partial charge in [-0.3, -0.25) is 25.6 Å². The van der Waals surface area contributed by atoms with Crippen LogP contribution in [0.5, 0.6) is 0 Å². The number of methoxy groups -OCH3 is 1. The van der Waals surface area contributed by atoms with Crippen molar-refractivity contribution in [3.05, 3.63) is 11.8 Å². The maximum absolute atomic E-state index is 10.6. The molecule has 4 N–H and O–H groups in total. The number of piperazine rings is 1. The molecule has 3 aliphatic heterocycles. The van der Waals surface area contributed by atoms with Crippen LogP contribution in [0.1, 0.15) is 39.0 Å². The van der Waals surface area contributed by atoms with E-state index in [4.69, 9.17) is 14.5 Å². The van der Waals surface area contributed by atoms with Gasteiger partial charge in [-0.05, 0) is 32.3 Å². The summed E-state index contributed by atoms with van der Waals surface area (Å²) in [6.07, 6.45) is 9.07. The number of hydrogen-bond donors (Lipinski definition) is 4. The molecule has 0 amide bonds. The highest BCUT2D eigenvalue weighted by atomic mass is 16.5. The van der Waals surface area contributed by atoms with E-state index in [1.54, 1.807) is 7.11 Å². The van der Waals surface area contributed by atoms with Crippen molar-refractivity contribution in [2.75, 3.05) is 39.9 Å². The molecular formula is C22H38N6O3. The number of fused-ring (bicyclic) bond motifs is 1. The third kappa shape index (κ3) is 4.77. The fourth-order valence-electron chi connectivity index (χ4n) is 5.46. The fourth-order valence-corrected chi connectivity index (χ4v) is 5.46. The summed E-state index contributed by atoms with van der Waals surface area (Å²) in [5.41, 5.74) is 7.19. The number of aliphatic hydroxyl groups is 1. The maximum atomic E-state index is 10.6. The Bertz CT molecular complexity index is 699. The quantitative estimate of drug-likeness (QED) is 0.445. The highest BCUT2D eigenvalue weighted by molar-refractivity contribution is 5.56. The van der Waals surface area contributed by atoms with E-state index in [1.165, 1.54) is 18.6 Å². The van der Waals surface area contributed by atoms with E-state index in [9.17, 15) is 5.11 Å². The summed E-state index contributed by atoms with van der Waals surface area (Å²) in [5.74, 6) is 1.68. The van der Waals surface area contributed by atoms with Gasteiger partial charge in [-0.2, -0.15) is 0 Å². The topological polar surface area (TPSA) is 93.6 Å². The second-order valence-electron chi connectivity index (χ2n) is 10.0. The van der Waals surface area contributed by atoms with Gasteiger partial charge in [-0.25, -0.2) is 0 Å². The molecule has 0 spiro atoms. The van der Waals surface area contributed by atoms with Crippen LogP contribution in [-0.4, -0.2) is 97.3 Å². The summed E-state index contributed by atoms with van der Waals surface area (Å²) in [4.78, 5) is 9.13. The van der Waals surface area contributed by atoms with Crippen LogP contribution in [-0.2, 0) is 9.47 Å². The molecule has 0 radical (unpaired) electrons. The summed E-state index contributed by atoms with van der Waals surface area (Å²) >= 11 is 0. The molecule has 2 saturated heterocycles. The van der Waals surface area contributed by atoms with E-state index >= 15 is 0 Å². The third-order valence-electron chi connectivity index (χ3n) is 7.71. The second-order valence-corrected chi connectivity index (χ2v) is 10.0. The number of allylic oxidation sites excluding steroid dienone is 1. The van der Waals surface area contributed by atoms with Crippen molar-refractivity contribution >= 4 is 6.34 Å². The minimum Gasteiger partial charge on any atom is -0.492 e. The first-order chi connectivity index (χ1) is 15.0. The Kier molecular flexibility index (Phi) is 6.24. The molecule has 0 aromatic rings. The molecule has 2 unspecified atom stereocenters. The lowest BCUT2D eigenvalue weighted by molar-refractivity contribution is -0.0747. The molecular weight excluding hydrogens is 396 g/mol. The van der Waals surface area contributed by atoms with Crippen LogP contribution >= 0.6 is 0 Å². The smallest absolute Gasteiger partial charge is 0.120 e. The number of hydrazine groups is 1. The number of nitrogens with one attached hydrogen (secondary N) is 3. The minimum absolute atomic E-state index is 0.0840. The number of nitrogens with zero attached hydrogens (tertiary/aromatic N) is 3. The van der Waals surface area contributed by atoms with Crippen LogP contribution in [0.25, 0.3) is 0 Å². The Balaban J connectivity index is 1.18. The first-order valence-corrected chi connectivity index (χ1v) is 11.9. The lowest BCUT2D eigenvalue weighted by Gasteiger charge is -2.43. The van der Waals surface area contributed by atoms with Crippen LogP contribution in [0.2, 0.25) is 0 Å².